The van der Waals surface area contributed by atoms with E-state index in [1.165, 1.54) is 17.1 Å². The van der Waals surface area contributed by atoms with E-state index in [2.05, 4.69) is 51.4 Å². The molecule has 0 unspecified atom stereocenters. The standard InChI is InChI=1S/C27H26N6O4/c1-5-37-26(34)20-14-28-32(16-20)27-30-22-15-29-33(24(22)25(31-27)36-4)17(2)18-10-12-19(13-11-18)21-8-6-7-9-23(21)35-3/h6-17H,5H2,1-4H3/t17-/m0/s1. The third-order valence-corrected chi connectivity index (χ3v) is 6.07. The molecule has 0 aliphatic rings. The lowest BCUT2D eigenvalue weighted by molar-refractivity contribution is 0.0526. The number of hydrogen-bond acceptors (Lipinski definition) is 8. The van der Waals surface area contributed by atoms with E-state index in [0.717, 1.165) is 22.4 Å². The van der Waals surface area contributed by atoms with Crippen LogP contribution in [0.25, 0.3) is 28.1 Å². The van der Waals surface area contributed by atoms with Crippen molar-refractivity contribution in [1.29, 1.82) is 0 Å². The molecule has 5 rings (SSSR count). The number of benzene rings is 2. The number of ether oxygens (including phenoxy) is 3. The molecule has 0 fully saturated rings. The van der Waals surface area contributed by atoms with Crippen LogP contribution in [0.15, 0.2) is 67.1 Å². The van der Waals surface area contributed by atoms with Crippen LogP contribution in [0.2, 0.25) is 0 Å². The van der Waals surface area contributed by atoms with Crippen molar-refractivity contribution < 1.29 is 19.0 Å². The van der Waals surface area contributed by atoms with E-state index in [9.17, 15) is 4.79 Å². The molecule has 0 radical (unpaired) electrons. The highest BCUT2D eigenvalue weighted by molar-refractivity contribution is 5.89. The Hall–Kier alpha value is -4.73. The first kappa shape index (κ1) is 24.0. The molecule has 10 heteroatoms. The number of aromatic nitrogens is 6. The fourth-order valence-corrected chi connectivity index (χ4v) is 4.17. The summed E-state index contributed by atoms with van der Waals surface area (Å²) >= 11 is 0. The summed E-state index contributed by atoms with van der Waals surface area (Å²) in [5, 5.41) is 8.80. The van der Waals surface area contributed by atoms with Crippen molar-refractivity contribution in [2.24, 2.45) is 0 Å². The summed E-state index contributed by atoms with van der Waals surface area (Å²) in [7, 11) is 3.22. The fraction of sp³-hybridized carbons (Fsp3) is 0.222. The largest absolute Gasteiger partial charge is 0.496 e. The van der Waals surface area contributed by atoms with Gasteiger partial charge in [-0.05, 0) is 31.0 Å². The van der Waals surface area contributed by atoms with Crippen LogP contribution < -0.4 is 9.47 Å². The number of methoxy groups -OCH3 is 2. The Balaban J connectivity index is 1.47. The van der Waals surface area contributed by atoms with E-state index in [4.69, 9.17) is 14.2 Å². The third kappa shape index (κ3) is 4.49. The van der Waals surface area contributed by atoms with E-state index < -0.39 is 5.97 Å². The maximum Gasteiger partial charge on any atom is 0.341 e. The minimum atomic E-state index is -0.458. The summed E-state index contributed by atoms with van der Waals surface area (Å²) in [6.07, 6.45) is 4.60. The molecule has 0 amide bonds. The maximum atomic E-state index is 12.0. The molecule has 5 aromatic rings. The second-order valence-corrected chi connectivity index (χ2v) is 8.25. The van der Waals surface area contributed by atoms with Crippen LogP contribution in [0.3, 0.4) is 0 Å². The molecular weight excluding hydrogens is 472 g/mol. The molecule has 0 spiro atoms. The van der Waals surface area contributed by atoms with Gasteiger partial charge < -0.3 is 14.2 Å². The van der Waals surface area contributed by atoms with Crippen LogP contribution in [0.4, 0.5) is 0 Å². The molecule has 3 heterocycles. The number of para-hydroxylation sites is 1. The number of esters is 1. The Morgan fingerprint density at radius 1 is 0.973 bits per heavy atom. The first-order valence-electron chi connectivity index (χ1n) is 11.8. The second-order valence-electron chi connectivity index (χ2n) is 8.25. The minimum Gasteiger partial charge on any atom is -0.496 e. The smallest absolute Gasteiger partial charge is 0.341 e. The minimum absolute atomic E-state index is 0.118. The van der Waals surface area contributed by atoms with Crippen molar-refractivity contribution in [3.05, 3.63) is 78.2 Å². The lowest BCUT2D eigenvalue weighted by Crippen LogP contribution is -2.11. The molecule has 188 valence electrons. The van der Waals surface area contributed by atoms with Crippen LogP contribution in [0.5, 0.6) is 11.6 Å². The second kappa shape index (κ2) is 10.1. The average Bonchev–Trinajstić information content (AvgIpc) is 3.60. The summed E-state index contributed by atoms with van der Waals surface area (Å²) in [4.78, 5) is 21.1. The van der Waals surface area contributed by atoms with Gasteiger partial charge in [0.25, 0.3) is 5.95 Å². The molecule has 0 bridgehead atoms. The number of rotatable bonds is 8. The van der Waals surface area contributed by atoms with Gasteiger partial charge in [0.05, 0.1) is 44.8 Å². The molecule has 0 aliphatic heterocycles. The predicted octanol–water partition coefficient (Wildman–Crippen LogP) is 4.48. The van der Waals surface area contributed by atoms with Gasteiger partial charge in [0.15, 0.2) is 0 Å². The van der Waals surface area contributed by atoms with Crippen molar-refractivity contribution in [2.45, 2.75) is 19.9 Å². The highest BCUT2D eigenvalue weighted by Crippen LogP contribution is 2.32. The Morgan fingerprint density at radius 2 is 1.76 bits per heavy atom. The number of carbonyl (C=O) groups excluding carboxylic acids is 1. The zero-order valence-electron chi connectivity index (χ0n) is 21.0. The van der Waals surface area contributed by atoms with Crippen molar-refractivity contribution in [3.8, 4) is 28.7 Å². The summed E-state index contributed by atoms with van der Waals surface area (Å²) in [5.74, 6) is 0.974. The Bertz CT molecular complexity index is 1560. The van der Waals surface area contributed by atoms with Gasteiger partial charge in [-0.25, -0.2) is 14.5 Å². The van der Waals surface area contributed by atoms with E-state index >= 15 is 0 Å². The lowest BCUT2D eigenvalue weighted by Gasteiger charge is -2.16. The van der Waals surface area contributed by atoms with Crippen molar-refractivity contribution in [3.63, 3.8) is 0 Å². The zero-order chi connectivity index (χ0) is 25.9. The van der Waals surface area contributed by atoms with Gasteiger partial charge >= 0.3 is 5.97 Å². The SMILES string of the molecule is CCOC(=O)c1cnn(-c2nc(OC)c3c(cnn3[C@@H](C)c3ccc(-c4ccccc4OC)cc3)n2)c1. The summed E-state index contributed by atoms with van der Waals surface area (Å²) in [5.41, 5.74) is 4.70. The number of fused-ring (bicyclic) bond motifs is 1. The van der Waals surface area contributed by atoms with Crippen molar-refractivity contribution >= 4 is 17.0 Å². The van der Waals surface area contributed by atoms with Gasteiger partial charge in [0.1, 0.15) is 16.8 Å². The van der Waals surface area contributed by atoms with Crippen LogP contribution in [-0.4, -0.2) is 56.3 Å². The van der Waals surface area contributed by atoms with Gasteiger partial charge in [0.2, 0.25) is 5.88 Å². The Morgan fingerprint density at radius 3 is 2.49 bits per heavy atom. The average molecular weight is 499 g/mol. The van der Waals surface area contributed by atoms with Gasteiger partial charge in [-0.15, -0.1) is 0 Å². The molecule has 0 saturated heterocycles. The highest BCUT2D eigenvalue weighted by Gasteiger charge is 2.21. The van der Waals surface area contributed by atoms with Crippen LogP contribution in [0, 0.1) is 0 Å². The van der Waals surface area contributed by atoms with Gasteiger partial charge in [-0.1, -0.05) is 42.5 Å². The molecular formula is C27H26N6O4. The highest BCUT2D eigenvalue weighted by atomic mass is 16.5. The molecule has 0 saturated carbocycles. The summed E-state index contributed by atoms with van der Waals surface area (Å²) in [6.45, 7) is 4.08. The maximum absolute atomic E-state index is 12.0. The molecule has 2 aromatic carbocycles. The monoisotopic (exact) mass is 498 g/mol. The fourth-order valence-electron chi connectivity index (χ4n) is 4.17. The predicted molar refractivity (Wildman–Crippen MR) is 137 cm³/mol. The Labute approximate surface area is 213 Å². The van der Waals surface area contributed by atoms with Crippen molar-refractivity contribution in [1.82, 2.24) is 29.5 Å². The summed E-state index contributed by atoms with van der Waals surface area (Å²) < 4.78 is 19.4. The van der Waals surface area contributed by atoms with Gasteiger partial charge in [-0.3, -0.25) is 4.68 Å². The Kier molecular flexibility index (Phi) is 6.55. The van der Waals surface area contributed by atoms with Gasteiger partial charge in [-0.2, -0.15) is 15.2 Å². The van der Waals surface area contributed by atoms with Crippen LogP contribution >= 0.6 is 0 Å². The molecule has 0 aliphatic carbocycles. The van der Waals surface area contributed by atoms with E-state index in [-0.39, 0.29) is 18.6 Å². The molecule has 3 aromatic heterocycles. The van der Waals surface area contributed by atoms with E-state index in [1.807, 2.05) is 28.9 Å². The summed E-state index contributed by atoms with van der Waals surface area (Å²) in [6, 6.07) is 16.1. The first-order chi connectivity index (χ1) is 18.0. The molecule has 37 heavy (non-hydrogen) atoms. The molecule has 10 nitrogen and oxygen atoms in total. The first-order valence-corrected chi connectivity index (χ1v) is 11.8. The lowest BCUT2D eigenvalue weighted by atomic mass is 10.0. The van der Waals surface area contributed by atoms with E-state index in [1.54, 1.807) is 27.3 Å². The van der Waals surface area contributed by atoms with Crippen molar-refractivity contribution in [2.75, 3.05) is 20.8 Å². The number of carbonyl (C=O) groups is 1. The van der Waals surface area contributed by atoms with Crippen LogP contribution in [-0.2, 0) is 4.74 Å². The van der Waals surface area contributed by atoms with Gasteiger partial charge in [0, 0.05) is 11.8 Å². The van der Waals surface area contributed by atoms with E-state index in [0.29, 0.717) is 22.5 Å². The number of nitrogens with zero attached hydrogens (tertiary/aromatic N) is 6. The normalized spacial score (nSPS) is 11.9. The number of hydrogen-bond donors (Lipinski definition) is 0. The van der Waals surface area contributed by atoms with Crippen LogP contribution in [0.1, 0.15) is 35.8 Å². The topological polar surface area (TPSA) is 106 Å². The zero-order valence-corrected chi connectivity index (χ0v) is 21.0. The molecule has 0 N–H and O–H groups in total. The molecule has 1 atom stereocenters. The third-order valence-electron chi connectivity index (χ3n) is 6.07. The quantitative estimate of drug-likeness (QED) is 0.288.